The molecule has 0 fully saturated rings. The van der Waals surface area contributed by atoms with Gasteiger partial charge in [0, 0.05) is 5.75 Å². The minimum Gasteiger partial charge on any atom is -0.302 e. The molecule has 3 rings (SSSR count). The normalized spacial score (nSPS) is 10.4. The van der Waals surface area contributed by atoms with Crippen LogP contribution in [0.4, 0.5) is 0 Å². The largest absolute Gasteiger partial charge is 0.302 e. The molecule has 0 saturated heterocycles. The van der Waals surface area contributed by atoms with Gasteiger partial charge in [0.05, 0.1) is 18.2 Å². The summed E-state index contributed by atoms with van der Waals surface area (Å²) in [6, 6.07) is 20.1. The lowest BCUT2D eigenvalue weighted by molar-refractivity contribution is 0.688. The molecule has 1 heterocycles. The highest BCUT2D eigenvalue weighted by Gasteiger charge is 2.10. The fraction of sp³-hybridized carbons (Fsp3) is 0.167. The topological polar surface area (TPSA) is 54.5 Å². The zero-order valence-electron chi connectivity index (χ0n) is 12.8. The predicted octanol–water partition coefficient (Wildman–Crippen LogP) is 3.80. The molecular weight excluding hydrogens is 304 g/mol. The molecule has 0 aliphatic carbocycles. The number of nitriles is 1. The maximum Gasteiger partial charge on any atom is 0.191 e. The van der Waals surface area contributed by atoms with Crippen LogP contribution in [0.3, 0.4) is 0 Å². The number of aryl methyl sites for hydroxylation is 1. The van der Waals surface area contributed by atoms with Crippen molar-refractivity contribution in [1.82, 2.24) is 14.8 Å². The third-order valence-electron chi connectivity index (χ3n) is 3.54. The summed E-state index contributed by atoms with van der Waals surface area (Å²) >= 11 is 1.66. The molecule has 0 bridgehead atoms. The molecule has 0 aliphatic rings. The Morgan fingerprint density at radius 2 is 1.74 bits per heavy atom. The van der Waals surface area contributed by atoms with Crippen LogP contribution in [0.25, 0.3) is 0 Å². The molecule has 0 unspecified atom stereocenters. The molecule has 5 heteroatoms. The highest BCUT2D eigenvalue weighted by molar-refractivity contribution is 7.98. The van der Waals surface area contributed by atoms with Gasteiger partial charge in [-0.3, -0.25) is 0 Å². The van der Waals surface area contributed by atoms with Gasteiger partial charge in [-0.05, 0) is 30.2 Å². The number of nitrogens with zero attached hydrogens (tertiary/aromatic N) is 4. The second-order valence-corrected chi connectivity index (χ2v) is 6.14. The number of benzene rings is 2. The van der Waals surface area contributed by atoms with Crippen LogP contribution in [0.15, 0.2) is 59.8 Å². The zero-order valence-corrected chi connectivity index (χ0v) is 13.6. The van der Waals surface area contributed by atoms with Crippen LogP contribution in [-0.4, -0.2) is 14.8 Å². The first-order valence-electron chi connectivity index (χ1n) is 7.32. The zero-order chi connectivity index (χ0) is 16.1. The molecule has 0 radical (unpaired) electrons. The minimum atomic E-state index is 0.682. The Bertz CT molecular complexity index is 816. The fourth-order valence-corrected chi connectivity index (χ4v) is 3.18. The van der Waals surface area contributed by atoms with Crippen molar-refractivity contribution in [2.75, 3.05) is 0 Å². The number of hydrogen-bond acceptors (Lipinski definition) is 4. The van der Waals surface area contributed by atoms with E-state index in [4.69, 9.17) is 5.26 Å². The summed E-state index contributed by atoms with van der Waals surface area (Å²) < 4.78 is 2.13. The summed E-state index contributed by atoms with van der Waals surface area (Å²) in [7, 11) is 0. The molecule has 0 N–H and O–H groups in total. The third-order valence-corrected chi connectivity index (χ3v) is 4.57. The van der Waals surface area contributed by atoms with E-state index in [1.165, 1.54) is 11.1 Å². The third kappa shape index (κ3) is 3.79. The summed E-state index contributed by atoms with van der Waals surface area (Å²) in [5, 5.41) is 18.2. The molecule has 114 valence electrons. The highest BCUT2D eigenvalue weighted by atomic mass is 32.2. The maximum atomic E-state index is 8.84. The van der Waals surface area contributed by atoms with Gasteiger partial charge in [-0.25, -0.2) is 0 Å². The second kappa shape index (κ2) is 7.12. The van der Waals surface area contributed by atoms with Gasteiger partial charge in [-0.15, -0.1) is 10.2 Å². The Balaban J connectivity index is 1.72. The average molecular weight is 320 g/mol. The van der Waals surface area contributed by atoms with Crippen molar-refractivity contribution >= 4 is 11.8 Å². The smallest absolute Gasteiger partial charge is 0.191 e. The van der Waals surface area contributed by atoms with E-state index in [1.54, 1.807) is 11.8 Å². The van der Waals surface area contributed by atoms with Crippen molar-refractivity contribution in [3.05, 3.63) is 77.1 Å². The quantitative estimate of drug-likeness (QED) is 0.671. The lowest BCUT2D eigenvalue weighted by Crippen LogP contribution is -2.03. The van der Waals surface area contributed by atoms with Crippen molar-refractivity contribution in [2.24, 2.45) is 0 Å². The van der Waals surface area contributed by atoms with Crippen LogP contribution in [0.2, 0.25) is 0 Å². The molecule has 0 atom stereocenters. The van der Waals surface area contributed by atoms with Crippen LogP contribution in [0.5, 0.6) is 0 Å². The summed E-state index contributed by atoms with van der Waals surface area (Å²) in [6.45, 7) is 2.75. The van der Waals surface area contributed by atoms with Gasteiger partial charge >= 0.3 is 0 Å². The number of thioether (sulfide) groups is 1. The van der Waals surface area contributed by atoms with Gasteiger partial charge < -0.3 is 4.57 Å². The fourth-order valence-electron chi connectivity index (χ4n) is 2.24. The first-order chi connectivity index (χ1) is 11.3. The first-order valence-corrected chi connectivity index (χ1v) is 8.30. The Kier molecular flexibility index (Phi) is 4.74. The molecule has 2 aromatic carbocycles. The van der Waals surface area contributed by atoms with Gasteiger partial charge in [-0.1, -0.05) is 54.2 Å². The molecule has 0 saturated carbocycles. The van der Waals surface area contributed by atoms with Crippen LogP contribution in [-0.2, 0) is 12.3 Å². The van der Waals surface area contributed by atoms with Crippen molar-refractivity contribution in [1.29, 1.82) is 5.26 Å². The van der Waals surface area contributed by atoms with Crippen molar-refractivity contribution in [2.45, 2.75) is 24.4 Å². The lowest BCUT2D eigenvalue weighted by atomic mass is 10.2. The molecule has 0 aliphatic heterocycles. The van der Waals surface area contributed by atoms with E-state index in [9.17, 15) is 0 Å². The van der Waals surface area contributed by atoms with E-state index in [0.29, 0.717) is 5.56 Å². The lowest BCUT2D eigenvalue weighted by Gasteiger charge is -2.08. The SMILES string of the molecule is Cc1nnc(SCc2ccc(C#N)cc2)n1Cc1ccccc1. The van der Waals surface area contributed by atoms with Gasteiger partial charge in [-0.2, -0.15) is 5.26 Å². The highest BCUT2D eigenvalue weighted by Crippen LogP contribution is 2.23. The summed E-state index contributed by atoms with van der Waals surface area (Å²) in [5.41, 5.74) is 3.08. The molecule has 3 aromatic rings. The minimum absolute atomic E-state index is 0.682. The van der Waals surface area contributed by atoms with Crippen molar-refractivity contribution in [3.8, 4) is 6.07 Å². The van der Waals surface area contributed by atoms with Gasteiger partial charge in [0.1, 0.15) is 5.82 Å². The van der Waals surface area contributed by atoms with Gasteiger partial charge in [0.15, 0.2) is 5.16 Å². The predicted molar refractivity (Wildman–Crippen MR) is 91.0 cm³/mol. The molecule has 0 amide bonds. The van der Waals surface area contributed by atoms with Crippen LogP contribution in [0.1, 0.15) is 22.5 Å². The molecule has 0 spiro atoms. The van der Waals surface area contributed by atoms with Crippen molar-refractivity contribution < 1.29 is 0 Å². The number of rotatable bonds is 5. The van der Waals surface area contributed by atoms with Crippen LogP contribution in [0, 0.1) is 18.3 Å². The molecular formula is C18H16N4S. The first kappa shape index (κ1) is 15.3. The second-order valence-electron chi connectivity index (χ2n) is 5.20. The molecule has 1 aromatic heterocycles. The van der Waals surface area contributed by atoms with E-state index < -0.39 is 0 Å². The Labute approximate surface area is 139 Å². The number of aromatic nitrogens is 3. The Hall–Kier alpha value is -2.58. The van der Waals surface area contributed by atoms with Gasteiger partial charge in [0.2, 0.25) is 0 Å². The maximum absolute atomic E-state index is 8.84. The summed E-state index contributed by atoms with van der Waals surface area (Å²) in [4.78, 5) is 0. The van der Waals surface area contributed by atoms with Crippen LogP contribution < -0.4 is 0 Å². The summed E-state index contributed by atoms with van der Waals surface area (Å²) in [6.07, 6.45) is 0. The molecule has 23 heavy (non-hydrogen) atoms. The van der Waals surface area contributed by atoms with E-state index in [0.717, 1.165) is 23.3 Å². The molecule has 4 nitrogen and oxygen atoms in total. The monoisotopic (exact) mass is 320 g/mol. The number of hydrogen-bond donors (Lipinski definition) is 0. The Morgan fingerprint density at radius 1 is 1.00 bits per heavy atom. The van der Waals surface area contributed by atoms with E-state index >= 15 is 0 Å². The average Bonchev–Trinajstić information content (AvgIpc) is 2.94. The van der Waals surface area contributed by atoms with E-state index in [-0.39, 0.29) is 0 Å². The van der Waals surface area contributed by atoms with Gasteiger partial charge in [0.25, 0.3) is 0 Å². The van der Waals surface area contributed by atoms with Crippen LogP contribution >= 0.6 is 11.8 Å². The Morgan fingerprint density at radius 3 is 2.43 bits per heavy atom. The van der Waals surface area contributed by atoms with E-state index in [2.05, 4.69) is 33.0 Å². The van der Waals surface area contributed by atoms with Crippen molar-refractivity contribution in [3.63, 3.8) is 0 Å². The van der Waals surface area contributed by atoms with E-state index in [1.807, 2.05) is 49.4 Å². The standard InChI is InChI=1S/C18H16N4S/c1-14-20-21-18(22(14)12-16-5-3-2-4-6-16)23-13-17-9-7-15(11-19)8-10-17/h2-10H,12-13H2,1H3. The summed E-state index contributed by atoms with van der Waals surface area (Å²) in [5.74, 6) is 1.72.